The van der Waals surface area contributed by atoms with E-state index < -0.39 is 21.1 Å². The minimum atomic E-state index is -9.70. The molecule has 0 bridgehead atoms. The molecule has 0 radical (unpaired) electrons. The zero-order valence-corrected chi connectivity index (χ0v) is 15.6. The molecule has 1 fully saturated rings. The fraction of sp³-hybridized carbons (Fsp3) is 0.611. The van der Waals surface area contributed by atoms with Gasteiger partial charge >= 0.3 is 16.2 Å². The zero-order chi connectivity index (χ0) is 19.5. The van der Waals surface area contributed by atoms with E-state index in [0.717, 1.165) is 31.4 Å². The fourth-order valence-corrected chi connectivity index (χ4v) is 3.98. The Hall–Kier alpha value is -1.31. The third kappa shape index (κ3) is 6.14. The molecule has 0 unspecified atom stereocenters. The molecular formula is C18H25F5O2S. The number of carbonyl (C=O) groups excluding carboxylic acids is 1. The molecule has 1 saturated carbocycles. The predicted molar refractivity (Wildman–Crippen MR) is 93.1 cm³/mol. The number of rotatable bonds is 7. The van der Waals surface area contributed by atoms with E-state index in [0.29, 0.717) is 18.8 Å². The Morgan fingerprint density at radius 1 is 1.00 bits per heavy atom. The molecule has 150 valence electrons. The molecule has 1 aromatic carbocycles. The van der Waals surface area contributed by atoms with Crippen molar-refractivity contribution in [2.45, 2.75) is 63.2 Å². The molecule has 0 aliphatic heterocycles. The van der Waals surface area contributed by atoms with Gasteiger partial charge in [-0.1, -0.05) is 52.0 Å². The molecule has 1 aliphatic carbocycles. The van der Waals surface area contributed by atoms with E-state index >= 15 is 0 Å². The van der Waals surface area contributed by atoms with E-state index in [9.17, 15) is 24.2 Å². The molecule has 0 aromatic heterocycles. The van der Waals surface area contributed by atoms with E-state index in [1.165, 1.54) is 19.3 Å². The Morgan fingerprint density at radius 3 is 2.08 bits per heavy atom. The van der Waals surface area contributed by atoms with Crippen molar-refractivity contribution in [1.29, 1.82) is 0 Å². The van der Waals surface area contributed by atoms with Crippen molar-refractivity contribution < 1.29 is 29.0 Å². The quantitative estimate of drug-likeness (QED) is 0.203. The van der Waals surface area contributed by atoms with Crippen LogP contribution in [-0.4, -0.2) is 5.97 Å². The lowest BCUT2D eigenvalue weighted by molar-refractivity contribution is -0.140. The number of hydrogen-bond acceptors (Lipinski definition) is 2. The lowest BCUT2D eigenvalue weighted by Crippen LogP contribution is -2.25. The molecule has 0 amide bonds. The Labute approximate surface area is 150 Å². The highest BCUT2D eigenvalue weighted by atomic mass is 32.5. The summed E-state index contributed by atoms with van der Waals surface area (Å²) in [5.41, 5.74) is 0. The highest BCUT2D eigenvalue weighted by Gasteiger charge is 2.65. The molecule has 0 heterocycles. The van der Waals surface area contributed by atoms with Crippen molar-refractivity contribution in [3.8, 4) is 5.75 Å². The second-order valence-electron chi connectivity index (χ2n) is 7.07. The molecule has 1 aromatic rings. The van der Waals surface area contributed by atoms with Crippen LogP contribution in [0.3, 0.4) is 0 Å². The smallest absolute Gasteiger partial charge is 0.314 e. The van der Waals surface area contributed by atoms with E-state index in [-0.39, 0.29) is 23.8 Å². The van der Waals surface area contributed by atoms with Crippen molar-refractivity contribution >= 4 is 16.2 Å². The molecule has 1 aliphatic rings. The Kier molecular flexibility index (Phi) is 5.67. The maximum atomic E-state index is 12.7. The average molecular weight is 400 g/mol. The van der Waals surface area contributed by atoms with Crippen LogP contribution in [0, 0.1) is 11.8 Å². The van der Waals surface area contributed by atoms with Crippen LogP contribution in [0.1, 0.15) is 58.3 Å². The topological polar surface area (TPSA) is 26.3 Å². The van der Waals surface area contributed by atoms with Gasteiger partial charge in [-0.25, -0.2) is 0 Å². The van der Waals surface area contributed by atoms with Gasteiger partial charge in [-0.15, -0.1) is 0 Å². The van der Waals surface area contributed by atoms with Gasteiger partial charge < -0.3 is 4.74 Å². The van der Waals surface area contributed by atoms with Gasteiger partial charge in [0.1, 0.15) is 10.6 Å². The number of benzene rings is 1. The van der Waals surface area contributed by atoms with Crippen LogP contribution in [0.15, 0.2) is 29.2 Å². The first-order valence-corrected chi connectivity index (χ1v) is 10.9. The minimum absolute atomic E-state index is 0.148. The number of carbonyl (C=O) groups is 1. The van der Waals surface area contributed by atoms with Crippen LogP contribution in [0.4, 0.5) is 19.4 Å². The maximum absolute atomic E-state index is 12.7. The lowest BCUT2D eigenvalue weighted by Gasteiger charge is -2.40. The van der Waals surface area contributed by atoms with E-state index in [1.807, 2.05) is 0 Å². The average Bonchev–Trinajstić information content (AvgIpc) is 2.54. The van der Waals surface area contributed by atoms with Gasteiger partial charge in [-0.05, 0) is 55.9 Å². The van der Waals surface area contributed by atoms with Crippen molar-refractivity contribution in [3.63, 3.8) is 0 Å². The SMILES string of the molecule is CCCCC[C@H]1CC[C@H](C(=O)Oc2ccc(S(F)(F)(F)(F)F)cc2)CC1. The van der Waals surface area contributed by atoms with Crippen molar-refractivity contribution in [3.05, 3.63) is 24.3 Å². The van der Waals surface area contributed by atoms with Crippen LogP contribution in [0.25, 0.3) is 0 Å². The van der Waals surface area contributed by atoms with E-state index in [2.05, 4.69) is 6.92 Å². The van der Waals surface area contributed by atoms with Crippen LogP contribution < -0.4 is 4.74 Å². The second kappa shape index (κ2) is 7.02. The molecule has 2 rings (SSSR count). The van der Waals surface area contributed by atoms with Gasteiger partial charge in [0.05, 0.1) is 5.92 Å². The molecular weight excluding hydrogens is 375 g/mol. The summed E-state index contributed by atoms with van der Waals surface area (Å²) in [4.78, 5) is 10.2. The van der Waals surface area contributed by atoms with E-state index in [1.54, 1.807) is 0 Å². The molecule has 26 heavy (non-hydrogen) atoms. The number of ether oxygens (including phenoxy) is 1. The summed E-state index contributed by atoms with van der Waals surface area (Å²) in [6, 6.07) is 2.05. The van der Waals surface area contributed by atoms with Crippen LogP contribution in [0.5, 0.6) is 5.75 Å². The van der Waals surface area contributed by atoms with Gasteiger partial charge in [-0.3, -0.25) is 4.79 Å². The summed E-state index contributed by atoms with van der Waals surface area (Å²) in [5.74, 6) is -0.321. The second-order valence-corrected chi connectivity index (χ2v) is 9.48. The predicted octanol–water partition coefficient (Wildman–Crippen LogP) is 7.64. The molecule has 0 saturated heterocycles. The minimum Gasteiger partial charge on any atom is -0.426 e. The Morgan fingerprint density at radius 2 is 1.58 bits per heavy atom. The monoisotopic (exact) mass is 400 g/mol. The van der Waals surface area contributed by atoms with Gasteiger partial charge in [0.15, 0.2) is 0 Å². The van der Waals surface area contributed by atoms with Gasteiger partial charge in [0.2, 0.25) is 0 Å². The van der Waals surface area contributed by atoms with Crippen molar-refractivity contribution in [1.82, 2.24) is 0 Å². The molecule has 0 spiro atoms. The first kappa shape index (κ1) is 21.0. The number of halogens is 5. The van der Waals surface area contributed by atoms with Gasteiger partial charge in [0, 0.05) is 0 Å². The summed E-state index contributed by atoms with van der Waals surface area (Å²) in [7, 11) is -9.70. The van der Waals surface area contributed by atoms with Crippen molar-refractivity contribution in [2.75, 3.05) is 0 Å². The largest absolute Gasteiger partial charge is 0.426 e. The van der Waals surface area contributed by atoms with Crippen LogP contribution in [0.2, 0.25) is 0 Å². The fourth-order valence-electron chi connectivity index (χ4n) is 3.33. The summed E-state index contributed by atoms with van der Waals surface area (Å²) in [6.45, 7) is 2.15. The van der Waals surface area contributed by atoms with E-state index in [4.69, 9.17) is 4.74 Å². The maximum Gasteiger partial charge on any atom is 0.314 e. The Bertz CT molecular complexity index is 619. The van der Waals surface area contributed by atoms with Crippen LogP contribution in [-0.2, 0) is 4.79 Å². The summed E-state index contributed by atoms with van der Waals surface area (Å²) >= 11 is 0. The summed E-state index contributed by atoms with van der Waals surface area (Å²) in [6.07, 6.45) is 7.98. The third-order valence-electron chi connectivity index (χ3n) is 4.88. The summed E-state index contributed by atoms with van der Waals surface area (Å²) in [5, 5.41) is 0. The molecule has 0 atom stereocenters. The first-order chi connectivity index (χ1) is 11.9. The first-order valence-electron chi connectivity index (χ1n) is 8.95. The van der Waals surface area contributed by atoms with Gasteiger partial charge in [-0.2, -0.15) is 0 Å². The van der Waals surface area contributed by atoms with Gasteiger partial charge in [0.25, 0.3) is 0 Å². The molecule has 0 N–H and O–H groups in total. The lowest BCUT2D eigenvalue weighted by atomic mass is 9.80. The highest BCUT2D eigenvalue weighted by Crippen LogP contribution is 3.02. The molecule has 2 nitrogen and oxygen atoms in total. The summed E-state index contributed by atoms with van der Waals surface area (Å²) < 4.78 is 68.4. The zero-order valence-electron chi connectivity index (χ0n) is 14.7. The molecule has 8 heteroatoms. The standard InChI is InChI=1S/C18H25F5O2S/c1-2-3-4-5-14-6-8-15(9-7-14)18(24)25-16-10-12-17(13-11-16)26(19,20,21,22)23/h10-15H,2-9H2,1H3/t14-,15-. The van der Waals surface area contributed by atoms with Crippen molar-refractivity contribution in [2.24, 2.45) is 11.8 Å². The Balaban J connectivity index is 1.87. The number of unbranched alkanes of at least 4 members (excludes halogenated alkanes) is 2. The third-order valence-corrected chi connectivity index (χ3v) is 6.05. The normalized spacial score (nSPS) is 23.8. The van der Waals surface area contributed by atoms with Crippen LogP contribution >= 0.6 is 10.2 Å². The number of esters is 1. The highest BCUT2D eigenvalue weighted by molar-refractivity contribution is 8.45. The number of hydrogen-bond donors (Lipinski definition) is 0.